The smallest absolute Gasteiger partial charge is 0.407 e. The molecule has 4 atom stereocenters. The minimum absolute atomic E-state index is 0.0972. The van der Waals surface area contributed by atoms with E-state index in [1.165, 1.54) is 14.2 Å². The number of nitrogens with one attached hydrogen (secondary N) is 3. The normalized spacial score (nSPS) is 18.5. The van der Waals surface area contributed by atoms with Crippen LogP contribution in [0.2, 0.25) is 0 Å². The van der Waals surface area contributed by atoms with E-state index in [0.29, 0.717) is 19.5 Å². The van der Waals surface area contributed by atoms with Crippen molar-refractivity contribution in [1.29, 1.82) is 0 Å². The van der Waals surface area contributed by atoms with Crippen molar-refractivity contribution in [2.45, 2.75) is 84.0 Å². The summed E-state index contributed by atoms with van der Waals surface area (Å²) in [5.41, 5.74) is 9.05. The molecule has 60 heavy (non-hydrogen) atoms. The quantitative estimate of drug-likeness (QED) is 0.129. The predicted molar refractivity (Wildman–Crippen MR) is 232 cm³/mol. The molecular weight excluding hydrogens is 759 g/mol. The second-order valence-electron chi connectivity index (χ2n) is 16.8. The van der Waals surface area contributed by atoms with Gasteiger partial charge in [-0.3, -0.25) is 14.6 Å². The molecule has 0 spiro atoms. The zero-order chi connectivity index (χ0) is 42.2. The summed E-state index contributed by atoms with van der Waals surface area (Å²) in [6.07, 6.45) is 2.77. The van der Waals surface area contributed by atoms with Crippen LogP contribution in [0.4, 0.5) is 15.3 Å². The number of aromatic nitrogens is 2. The number of methoxy groups -OCH3 is 2. The number of alkyl carbamates (subject to hydrolysis) is 2. The molecule has 0 bridgehead atoms. The Balaban J connectivity index is 1.05. The first-order valence-electron chi connectivity index (χ1n) is 21.0. The number of likely N-dealkylation sites (tertiary alicyclic amines) is 2. The molecule has 2 fully saturated rings. The van der Waals surface area contributed by atoms with Crippen LogP contribution in [0.1, 0.15) is 70.8 Å². The maximum atomic E-state index is 13.8. The van der Waals surface area contributed by atoms with Crippen LogP contribution < -0.4 is 10.6 Å². The highest BCUT2D eigenvalue weighted by atomic mass is 16.5. The third-order valence-corrected chi connectivity index (χ3v) is 12.3. The maximum absolute atomic E-state index is 13.8. The lowest BCUT2D eigenvalue weighted by molar-refractivity contribution is -0.135. The molecule has 8 rings (SSSR count). The van der Waals surface area contributed by atoms with Gasteiger partial charge in [0.1, 0.15) is 17.9 Å². The van der Waals surface area contributed by atoms with E-state index in [1.807, 2.05) is 43.6 Å². The fourth-order valence-corrected chi connectivity index (χ4v) is 9.18. The highest BCUT2D eigenvalue weighted by Gasteiger charge is 2.40. The lowest BCUT2D eigenvalue weighted by Crippen LogP contribution is -2.53. The van der Waals surface area contributed by atoms with Crippen molar-refractivity contribution in [2.75, 3.05) is 27.3 Å². The molecule has 13 heteroatoms. The van der Waals surface area contributed by atoms with Gasteiger partial charge < -0.3 is 34.9 Å². The lowest BCUT2D eigenvalue weighted by Gasteiger charge is -2.30. The lowest BCUT2D eigenvalue weighted by atomic mass is 9.92. The SMILES string of the molecule is COC(=O)N[C@H](C(=O)N1CCCC1c1nc2ccc(-c3cccc4c(-c5ccc6c(c5)N=C([C@@H]5CCCN5C(=O)[C@@H](NC(=O)OC)C(C)C)C6)cccc34)cc2[nH]1)C(C)C. The van der Waals surface area contributed by atoms with Crippen molar-refractivity contribution in [1.82, 2.24) is 30.4 Å². The molecule has 1 unspecified atom stereocenters. The number of fused-ring (bicyclic) bond motifs is 3. The molecule has 4 aromatic carbocycles. The third-order valence-electron chi connectivity index (χ3n) is 12.3. The van der Waals surface area contributed by atoms with Crippen LogP contribution in [0.5, 0.6) is 0 Å². The van der Waals surface area contributed by atoms with Crippen molar-refractivity contribution in [2.24, 2.45) is 16.8 Å². The van der Waals surface area contributed by atoms with E-state index in [0.717, 1.165) is 92.5 Å². The molecule has 2 saturated heterocycles. The van der Waals surface area contributed by atoms with Crippen LogP contribution in [0.3, 0.4) is 0 Å². The summed E-state index contributed by atoms with van der Waals surface area (Å²) >= 11 is 0. The first kappa shape index (κ1) is 40.5. The fraction of sp³-hybridized carbons (Fsp3) is 0.404. The van der Waals surface area contributed by atoms with Gasteiger partial charge >= 0.3 is 12.2 Å². The van der Waals surface area contributed by atoms with Gasteiger partial charge in [-0.1, -0.05) is 82.3 Å². The number of aromatic amines is 1. The first-order chi connectivity index (χ1) is 28.9. The molecule has 0 aliphatic carbocycles. The van der Waals surface area contributed by atoms with E-state index in [4.69, 9.17) is 19.5 Å². The Bertz CT molecular complexity index is 2510. The Labute approximate surface area is 349 Å². The number of nitrogens with zero attached hydrogens (tertiary/aromatic N) is 4. The summed E-state index contributed by atoms with van der Waals surface area (Å²) in [6.45, 7) is 8.88. The summed E-state index contributed by atoms with van der Waals surface area (Å²) in [5.74, 6) is 0.281. The topological polar surface area (TPSA) is 158 Å². The summed E-state index contributed by atoms with van der Waals surface area (Å²) in [7, 11) is 2.60. The maximum Gasteiger partial charge on any atom is 0.407 e. The number of carbonyl (C=O) groups is 4. The number of benzene rings is 4. The van der Waals surface area contributed by atoms with Gasteiger partial charge in [0.2, 0.25) is 11.8 Å². The van der Waals surface area contributed by atoms with Gasteiger partial charge in [-0.05, 0) is 94.3 Å². The van der Waals surface area contributed by atoms with Gasteiger partial charge in [0, 0.05) is 25.2 Å². The monoisotopic (exact) mass is 811 g/mol. The second kappa shape index (κ2) is 16.8. The van der Waals surface area contributed by atoms with E-state index in [1.54, 1.807) is 0 Å². The average molecular weight is 812 g/mol. The van der Waals surface area contributed by atoms with Gasteiger partial charge in [-0.25, -0.2) is 14.6 Å². The minimum Gasteiger partial charge on any atom is -0.453 e. The van der Waals surface area contributed by atoms with Crippen LogP contribution in [0, 0.1) is 11.8 Å². The zero-order valence-electron chi connectivity index (χ0n) is 35.1. The standard InChI is InChI=1S/C47H53N7O6/c1-26(2)41(51-46(57)59-5)44(55)53-21-9-15-39(53)38-25-30-18-17-28(23-36(30)48-38)31-11-7-14-34-32(12-8-13-33(31)34)29-19-20-35-37(24-29)50-43(49-35)40-16-10-22-54(40)45(56)42(27(3)4)52-47(58)60-6/h7-8,11-14,17-20,23-24,26-27,39-42H,9-10,15-16,21-22,25H2,1-6H3,(H,49,50)(H,51,57)(H,52,58)/t39-,40?,41-,42-/m0/s1. The zero-order valence-corrected chi connectivity index (χ0v) is 35.1. The molecular formula is C47H53N7O6. The summed E-state index contributed by atoms with van der Waals surface area (Å²) in [5, 5.41) is 7.70. The Morgan fingerprint density at radius 1 is 0.717 bits per heavy atom. The molecule has 3 aliphatic heterocycles. The summed E-state index contributed by atoms with van der Waals surface area (Å²) in [6, 6.07) is 23.8. The number of hydrogen-bond acceptors (Lipinski definition) is 8. The fourth-order valence-electron chi connectivity index (χ4n) is 9.18. The first-order valence-corrected chi connectivity index (χ1v) is 21.0. The highest BCUT2D eigenvalue weighted by molar-refractivity contribution is 6.06. The van der Waals surface area contributed by atoms with Crippen LogP contribution in [0.25, 0.3) is 44.1 Å². The predicted octanol–water partition coefficient (Wildman–Crippen LogP) is 8.09. The summed E-state index contributed by atoms with van der Waals surface area (Å²) < 4.78 is 9.61. The van der Waals surface area contributed by atoms with Gasteiger partial charge in [0.25, 0.3) is 0 Å². The number of hydrogen-bond donors (Lipinski definition) is 3. The number of carbonyl (C=O) groups excluding carboxylic acids is 4. The van der Waals surface area contributed by atoms with Crippen molar-refractivity contribution in [3.63, 3.8) is 0 Å². The van der Waals surface area contributed by atoms with Crippen molar-refractivity contribution >= 4 is 57.2 Å². The van der Waals surface area contributed by atoms with Crippen LogP contribution >= 0.6 is 0 Å². The Kier molecular flexibility index (Phi) is 11.3. The molecule has 0 radical (unpaired) electrons. The average Bonchev–Trinajstić information content (AvgIpc) is 4.08. The van der Waals surface area contributed by atoms with E-state index < -0.39 is 24.3 Å². The number of H-pyrrole nitrogens is 1. The van der Waals surface area contributed by atoms with E-state index in [2.05, 4.69) is 82.3 Å². The van der Waals surface area contributed by atoms with Crippen LogP contribution in [-0.4, -0.2) is 94.9 Å². The van der Waals surface area contributed by atoms with Crippen molar-refractivity contribution in [3.05, 3.63) is 84.2 Å². The molecule has 13 nitrogen and oxygen atoms in total. The number of aliphatic imine (C=N–C) groups is 1. The number of rotatable bonds is 10. The minimum atomic E-state index is -0.700. The molecule has 3 aliphatic rings. The van der Waals surface area contributed by atoms with Gasteiger partial charge in [0.05, 0.1) is 43.0 Å². The van der Waals surface area contributed by atoms with Crippen LogP contribution in [-0.2, 0) is 25.5 Å². The van der Waals surface area contributed by atoms with Crippen molar-refractivity contribution < 1.29 is 28.7 Å². The van der Waals surface area contributed by atoms with E-state index >= 15 is 0 Å². The molecule has 3 N–H and O–H groups in total. The van der Waals surface area contributed by atoms with E-state index in [9.17, 15) is 19.2 Å². The molecule has 4 heterocycles. The largest absolute Gasteiger partial charge is 0.453 e. The third kappa shape index (κ3) is 7.68. The van der Waals surface area contributed by atoms with Crippen LogP contribution in [0.15, 0.2) is 77.8 Å². The Hall–Kier alpha value is -6.24. The van der Waals surface area contributed by atoms with E-state index in [-0.39, 0.29) is 35.7 Å². The second-order valence-corrected chi connectivity index (χ2v) is 16.8. The number of imidazole rings is 1. The molecule has 1 aromatic heterocycles. The molecule has 312 valence electrons. The molecule has 5 aromatic rings. The van der Waals surface area contributed by atoms with Gasteiger partial charge in [0.15, 0.2) is 0 Å². The highest BCUT2D eigenvalue weighted by Crippen LogP contribution is 2.40. The molecule has 4 amide bonds. The summed E-state index contributed by atoms with van der Waals surface area (Å²) in [4.78, 5) is 69.0. The van der Waals surface area contributed by atoms with Crippen molar-refractivity contribution in [3.8, 4) is 22.3 Å². The Morgan fingerprint density at radius 3 is 1.85 bits per heavy atom. The molecule has 0 saturated carbocycles. The number of amides is 4. The Morgan fingerprint density at radius 2 is 1.27 bits per heavy atom. The van der Waals surface area contributed by atoms with Gasteiger partial charge in [-0.15, -0.1) is 0 Å². The number of ether oxygens (including phenoxy) is 2. The van der Waals surface area contributed by atoms with Gasteiger partial charge in [-0.2, -0.15) is 0 Å².